The number of benzene rings is 2. The van der Waals surface area contributed by atoms with Gasteiger partial charge in [-0.1, -0.05) is 12.1 Å². The van der Waals surface area contributed by atoms with Gasteiger partial charge in [0, 0.05) is 44.9 Å². The fraction of sp³-hybridized carbons (Fsp3) is 0.320. The monoisotopic (exact) mass is 481 g/mol. The van der Waals surface area contributed by atoms with Gasteiger partial charge in [-0.2, -0.15) is 0 Å². The SMILES string of the molecule is CC(=O)NC[C@H]1CN(c2ccc(N3CCN(C(=O)/C=C/c4ccc(N)cc4)CC3)c(F)c2)C(=O)O1. The molecule has 184 valence electrons. The van der Waals surface area contributed by atoms with Crippen molar-refractivity contribution in [1.29, 1.82) is 0 Å². The van der Waals surface area contributed by atoms with E-state index in [0.717, 1.165) is 5.56 Å². The van der Waals surface area contributed by atoms with E-state index in [2.05, 4.69) is 5.32 Å². The first-order valence-electron chi connectivity index (χ1n) is 11.4. The van der Waals surface area contributed by atoms with Crippen LogP contribution in [0.4, 0.5) is 26.2 Å². The van der Waals surface area contributed by atoms with Gasteiger partial charge in [-0.3, -0.25) is 14.5 Å². The number of nitrogen functional groups attached to an aromatic ring is 1. The van der Waals surface area contributed by atoms with Gasteiger partial charge in [0.2, 0.25) is 11.8 Å². The largest absolute Gasteiger partial charge is 0.442 e. The minimum absolute atomic E-state index is 0.0985. The summed E-state index contributed by atoms with van der Waals surface area (Å²) in [7, 11) is 0. The maximum Gasteiger partial charge on any atom is 0.414 e. The second-order valence-electron chi connectivity index (χ2n) is 8.50. The first kappa shape index (κ1) is 24.1. The van der Waals surface area contributed by atoms with E-state index in [-0.39, 0.29) is 24.9 Å². The molecule has 2 aliphatic heterocycles. The molecule has 0 spiro atoms. The minimum atomic E-state index is -0.577. The molecule has 2 aromatic carbocycles. The third-order valence-electron chi connectivity index (χ3n) is 5.98. The number of carbonyl (C=O) groups excluding carboxylic acids is 3. The number of carbonyl (C=O) groups is 3. The number of anilines is 3. The highest BCUT2D eigenvalue weighted by molar-refractivity contribution is 5.92. The lowest BCUT2D eigenvalue weighted by molar-refractivity contribution is -0.126. The van der Waals surface area contributed by atoms with Gasteiger partial charge < -0.3 is 25.6 Å². The number of piperazine rings is 1. The summed E-state index contributed by atoms with van der Waals surface area (Å²) in [6.07, 6.45) is 2.21. The molecule has 2 aliphatic rings. The van der Waals surface area contributed by atoms with Crippen molar-refractivity contribution >= 4 is 41.0 Å². The number of nitrogens with one attached hydrogen (secondary N) is 1. The van der Waals surface area contributed by atoms with Crippen molar-refractivity contribution in [2.45, 2.75) is 13.0 Å². The molecular weight excluding hydrogens is 453 g/mol. The Labute approximate surface area is 202 Å². The van der Waals surface area contributed by atoms with Gasteiger partial charge in [0.25, 0.3) is 0 Å². The Morgan fingerprint density at radius 3 is 2.51 bits per heavy atom. The number of cyclic esters (lactones) is 1. The van der Waals surface area contributed by atoms with Crippen LogP contribution >= 0.6 is 0 Å². The Bertz CT molecular complexity index is 1130. The zero-order chi connectivity index (χ0) is 24.9. The predicted octanol–water partition coefficient (Wildman–Crippen LogP) is 2.23. The van der Waals surface area contributed by atoms with Crippen LogP contribution in [0.5, 0.6) is 0 Å². The molecule has 1 atom stereocenters. The van der Waals surface area contributed by atoms with E-state index in [1.807, 2.05) is 17.0 Å². The summed E-state index contributed by atoms with van der Waals surface area (Å²) in [5.74, 6) is -0.767. The zero-order valence-electron chi connectivity index (χ0n) is 19.4. The highest BCUT2D eigenvalue weighted by Crippen LogP contribution is 2.28. The molecule has 0 radical (unpaired) electrons. The molecule has 2 aromatic rings. The van der Waals surface area contributed by atoms with Crippen molar-refractivity contribution in [3.05, 3.63) is 59.9 Å². The van der Waals surface area contributed by atoms with E-state index in [9.17, 15) is 18.8 Å². The van der Waals surface area contributed by atoms with Crippen molar-refractivity contribution in [1.82, 2.24) is 10.2 Å². The zero-order valence-corrected chi connectivity index (χ0v) is 19.4. The summed E-state index contributed by atoms with van der Waals surface area (Å²) >= 11 is 0. The number of halogens is 1. The van der Waals surface area contributed by atoms with E-state index in [0.29, 0.717) is 43.2 Å². The van der Waals surface area contributed by atoms with Gasteiger partial charge in [-0.05, 0) is 42.0 Å². The van der Waals surface area contributed by atoms with Crippen LogP contribution in [-0.4, -0.2) is 68.2 Å². The lowest BCUT2D eigenvalue weighted by atomic mass is 10.2. The molecule has 2 heterocycles. The van der Waals surface area contributed by atoms with E-state index >= 15 is 0 Å². The Hall–Kier alpha value is -4.08. The second-order valence-corrected chi connectivity index (χ2v) is 8.50. The van der Waals surface area contributed by atoms with Gasteiger partial charge in [-0.25, -0.2) is 9.18 Å². The van der Waals surface area contributed by atoms with Gasteiger partial charge in [0.05, 0.1) is 24.5 Å². The average Bonchev–Trinajstić information content (AvgIpc) is 3.22. The summed E-state index contributed by atoms with van der Waals surface area (Å²) in [5.41, 5.74) is 8.03. The molecule has 9 nitrogen and oxygen atoms in total. The molecule has 0 saturated carbocycles. The number of nitrogens with two attached hydrogens (primary N) is 1. The number of ether oxygens (including phenoxy) is 1. The molecule has 35 heavy (non-hydrogen) atoms. The van der Waals surface area contributed by atoms with Crippen molar-refractivity contribution in [2.75, 3.05) is 54.8 Å². The average molecular weight is 482 g/mol. The quantitative estimate of drug-likeness (QED) is 0.484. The topological polar surface area (TPSA) is 108 Å². The third-order valence-corrected chi connectivity index (χ3v) is 5.98. The van der Waals surface area contributed by atoms with Crippen LogP contribution < -0.4 is 20.9 Å². The Morgan fingerprint density at radius 2 is 1.86 bits per heavy atom. The van der Waals surface area contributed by atoms with Crippen molar-refractivity contribution < 1.29 is 23.5 Å². The maximum absolute atomic E-state index is 15.0. The smallest absolute Gasteiger partial charge is 0.414 e. The molecule has 3 N–H and O–H groups in total. The number of nitrogens with zero attached hydrogens (tertiary/aromatic N) is 3. The predicted molar refractivity (Wildman–Crippen MR) is 131 cm³/mol. The van der Waals surface area contributed by atoms with E-state index in [4.69, 9.17) is 10.5 Å². The van der Waals surface area contributed by atoms with Gasteiger partial charge >= 0.3 is 6.09 Å². The van der Waals surface area contributed by atoms with E-state index in [1.165, 1.54) is 24.0 Å². The molecular formula is C25H28FN5O4. The normalized spacial score (nSPS) is 18.2. The molecule has 0 aliphatic carbocycles. The lowest BCUT2D eigenvalue weighted by Gasteiger charge is -2.36. The molecule has 10 heteroatoms. The van der Waals surface area contributed by atoms with E-state index < -0.39 is 18.0 Å². The summed E-state index contributed by atoms with van der Waals surface area (Å²) in [5, 5.41) is 2.61. The lowest BCUT2D eigenvalue weighted by Crippen LogP contribution is -2.48. The molecule has 0 unspecified atom stereocenters. The van der Waals surface area contributed by atoms with Gasteiger partial charge in [0.15, 0.2) is 0 Å². The fourth-order valence-electron chi connectivity index (χ4n) is 4.06. The minimum Gasteiger partial charge on any atom is -0.442 e. The molecule has 0 bridgehead atoms. The Kier molecular flexibility index (Phi) is 7.19. The summed E-state index contributed by atoms with van der Waals surface area (Å²) in [4.78, 5) is 40.8. The highest BCUT2D eigenvalue weighted by Gasteiger charge is 2.33. The number of amides is 3. The summed E-state index contributed by atoms with van der Waals surface area (Å²) in [6.45, 7) is 3.73. The van der Waals surface area contributed by atoms with Crippen LogP contribution in [0.3, 0.4) is 0 Å². The van der Waals surface area contributed by atoms with Crippen LogP contribution in [0.25, 0.3) is 6.08 Å². The van der Waals surface area contributed by atoms with Crippen LogP contribution in [0.15, 0.2) is 48.5 Å². The molecule has 4 rings (SSSR count). The highest BCUT2D eigenvalue weighted by atomic mass is 19.1. The van der Waals surface area contributed by atoms with Crippen molar-refractivity contribution in [3.8, 4) is 0 Å². The van der Waals surface area contributed by atoms with Crippen LogP contribution in [-0.2, 0) is 14.3 Å². The van der Waals surface area contributed by atoms with Gasteiger partial charge in [-0.15, -0.1) is 0 Å². The van der Waals surface area contributed by atoms with Crippen molar-refractivity contribution in [3.63, 3.8) is 0 Å². The van der Waals surface area contributed by atoms with Crippen LogP contribution in [0, 0.1) is 5.82 Å². The Morgan fingerprint density at radius 1 is 1.14 bits per heavy atom. The fourth-order valence-corrected chi connectivity index (χ4v) is 4.06. The second kappa shape index (κ2) is 10.5. The molecule has 2 fully saturated rings. The summed E-state index contributed by atoms with van der Waals surface area (Å²) < 4.78 is 20.2. The number of rotatable bonds is 6. The molecule has 0 aromatic heterocycles. The van der Waals surface area contributed by atoms with Crippen LogP contribution in [0.1, 0.15) is 12.5 Å². The number of hydrogen-bond donors (Lipinski definition) is 2. The third kappa shape index (κ3) is 5.89. The van der Waals surface area contributed by atoms with Crippen LogP contribution in [0.2, 0.25) is 0 Å². The van der Waals surface area contributed by atoms with E-state index in [1.54, 1.807) is 35.2 Å². The molecule has 3 amide bonds. The first-order chi connectivity index (χ1) is 16.8. The standard InChI is InChI=1S/C25H28FN5O4/c1-17(32)28-15-21-16-31(25(34)35-21)20-7-8-23(22(26)14-20)29-10-12-30(13-11-29)24(33)9-4-18-2-5-19(27)6-3-18/h2-9,14,21H,10-13,15-16,27H2,1H3,(H,28,32)/b9-4+/t21-/m0/s1. The molecule has 2 saturated heterocycles. The first-order valence-corrected chi connectivity index (χ1v) is 11.4. The van der Waals surface area contributed by atoms with Crippen molar-refractivity contribution in [2.24, 2.45) is 0 Å². The maximum atomic E-state index is 15.0. The Balaban J connectivity index is 1.33. The van der Waals surface area contributed by atoms with Gasteiger partial charge in [0.1, 0.15) is 11.9 Å². The summed E-state index contributed by atoms with van der Waals surface area (Å²) in [6, 6.07) is 11.9. The number of hydrogen-bond acceptors (Lipinski definition) is 6.